The van der Waals surface area contributed by atoms with Crippen LogP contribution in [0.1, 0.15) is 11.1 Å². The summed E-state index contributed by atoms with van der Waals surface area (Å²) in [5.41, 5.74) is 1.35. The molecule has 0 spiro atoms. The molecule has 3 rings (SSSR count). The number of aromatic nitrogens is 2. The van der Waals surface area contributed by atoms with Crippen LogP contribution in [0.15, 0.2) is 50.7 Å². The highest BCUT2D eigenvalue weighted by Gasteiger charge is 2.10. The van der Waals surface area contributed by atoms with Gasteiger partial charge in [-0.25, -0.2) is 17.9 Å². The Labute approximate surface area is 153 Å². The summed E-state index contributed by atoms with van der Waals surface area (Å²) in [4.78, 5) is 26.8. The molecule has 2 N–H and O–H groups in total. The van der Waals surface area contributed by atoms with Crippen molar-refractivity contribution in [2.75, 3.05) is 6.54 Å². The third-order valence-corrected chi connectivity index (χ3v) is 5.75. The first-order valence-electron chi connectivity index (χ1n) is 7.80. The predicted molar refractivity (Wildman–Crippen MR) is 104 cm³/mol. The molecule has 0 atom stereocenters. The second kappa shape index (κ2) is 7.40. The zero-order valence-corrected chi connectivity index (χ0v) is 15.6. The Morgan fingerprint density at radius 2 is 1.92 bits per heavy atom. The van der Waals surface area contributed by atoms with Crippen LogP contribution in [0.25, 0.3) is 16.3 Å². The molecule has 0 bridgehead atoms. The molecule has 0 aliphatic rings. The molecule has 0 fully saturated rings. The summed E-state index contributed by atoms with van der Waals surface area (Å²) in [6.07, 6.45) is 1.48. The van der Waals surface area contributed by atoms with Gasteiger partial charge in [-0.2, -0.15) is 0 Å². The second-order valence-corrected chi connectivity index (χ2v) is 8.27. The number of rotatable bonds is 6. The van der Waals surface area contributed by atoms with E-state index in [0.717, 1.165) is 21.1 Å². The lowest BCUT2D eigenvalue weighted by Crippen LogP contribution is -2.38. The number of H-pyrrole nitrogens is 1. The number of aryl methyl sites for hydroxylation is 1. The fourth-order valence-corrected chi connectivity index (χ4v) is 3.97. The van der Waals surface area contributed by atoms with E-state index in [4.69, 9.17) is 0 Å². The van der Waals surface area contributed by atoms with E-state index >= 15 is 0 Å². The largest absolute Gasteiger partial charge is 0.328 e. The van der Waals surface area contributed by atoms with Gasteiger partial charge in [-0.15, -0.1) is 11.3 Å². The number of benzene rings is 1. The number of aromatic amines is 1. The van der Waals surface area contributed by atoms with Gasteiger partial charge in [0, 0.05) is 18.5 Å². The van der Waals surface area contributed by atoms with Crippen LogP contribution in [-0.4, -0.2) is 24.5 Å². The molecule has 0 radical (unpaired) electrons. The molecular weight excluding hydrogens is 374 g/mol. The van der Waals surface area contributed by atoms with Gasteiger partial charge in [0.15, 0.2) is 0 Å². The minimum atomic E-state index is -3.67. The van der Waals surface area contributed by atoms with Crippen molar-refractivity contribution in [1.29, 1.82) is 0 Å². The maximum absolute atomic E-state index is 12.3. The van der Waals surface area contributed by atoms with Gasteiger partial charge >= 0.3 is 5.69 Å². The summed E-state index contributed by atoms with van der Waals surface area (Å²) < 4.78 is 27.9. The lowest BCUT2D eigenvalue weighted by molar-refractivity contribution is 0.574. The van der Waals surface area contributed by atoms with E-state index in [1.807, 2.05) is 31.2 Å². The van der Waals surface area contributed by atoms with Gasteiger partial charge in [0.05, 0.1) is 5.52 Å². The van der Waals surface area contributed by atoms with E-state index in [0.29, 0.717) is 10.2 Å². The molecule has 0 saturated carbocycles. The summed E-state index contributed by atoms with van der Waals surface area (Å²) in [7, 11) is -3.67. The normalized spacial score (nSPS) is 12.2. The number of nitrogens with zero attached hydrogens (tertiary/aromatic N) is 1. The van der Waals surface area contributed by atoms with Gasteiger partial charge in [0.2, 0.25) is 10.0 Å². The van der Waals surface area contributed by atoms with E-state index in [1.165, 1.54) is 17.4 Å². The lowest BCUT2D eigenvalue weighted by atomic mass is 10.2. The number of hydrogen-bond donors (Lipinski definition) is 2. The van der Waals surface area contributed by atoms with Gasteiger partial charge in [-0.3, -0.25) is 9.36 Å². The Morgan fingerprint density at radius 3 is 2.65 bits per heavy atom. The summed E-state index contributed by atoms with van der Waals surface area (Å²) in [6.45, 7) is 1.82. The average molecular weight is 391 g/mol. The molecule has 0 saturated heterocycles. The monoisotopic (exact) mass is 391 g/mol. The standard InChI is InChI=1S/C17H17N3O4S2/c1-12-2-4-13(5-3-12)7-11-26(23,24)18-8-9-20-16(21)15-14(6-10-25-15)19-17(20)22/h2-7,10-11,18H,8-9H2,1H3,(H,19,22). The first kappa shape index (κ1) is 18.3. The average Bonchev–Trinajstić information content (AvgIpc) is 3.06. The highest BCUT2D eigenvalue weighted by Crippen LogP contribution is 2.11. The van der Waals surface area contributed by atoms with Crippen molar-refractivity contribution in [3.63, 3.8) is 0 Å². The first-order valence-corrected chi connectivity index (χ1v) is 10.2. The van der Waals surface area contributed by atoms with E-state index < -0.39 is 21.3 Å². The number of fused-ring (bicyclic) bond motifs is 1. The first-order chi connectivity index (χ1) is 12.4. The van der Waals surface area contributed by atoms with Crippen LogP contribution in [-0.2, 0) is 16.6 Å². The topological polar surface area (TPSA) is 101 Å². The molecule has 9 heteroatoms. The van der Waals surface area contributed by atoms with E-state index in [1.54, 1.807) is 11.4 Å². The van der Waals surface area contributed by atoms with Crippen LogP contribution in [0, 0.1) is 6.92 Å². The van der Waals surface area contributed by atoms with Crippen molar-refractivity contribution in [3.8, 4) is 0 Å². The molecular formula is C17H17N3O4S2. The molecule has 0 unspecified atom stereocenters. The summed E-state index contributed by atoms with van der Waals surface area (Å²) >= 11 is 1.23. The highest BCUT2D eigenvalue weighted by atomic mass is 32.2. The molecule has 2 heterocycles. The molecule has 136 valence electrons. The minimum absolute atomic E-state index is 0.0559. The van der Waals surface area contributed by atoms with Crippen molar-refractivity contribution in [3.05, 3.63) is 73.1 Å². The number of nitrogens with one attached hydrogen (secondary N) is 2. The summed E-state index contributed by atoms with van der Waals surface area (Å²) in [5.74, 6) is 0. The predicted octanol–water partition coefficient (Wildman–Crippen LogP) is 1.65. The Bertz CT molecular complexity index is 1170. The van der Waals surface area contributed by atoms with Crippen molar-refractivity contribution >= 4 is 37.7 Å². The van der Waals surface area contributed by atoms with Gasteiger partial charge in [-0.05, 0) is 30.0 Å². The SMILES string of the molecule is Cc1ccc(C=CS(=O)(=O)NCCn2c(=O)[nH]c3ccsc3c2=O)cc1. The summed E-state index contributed by atoms with van der Waals surface area (Å²) in [5, 5.41) is 2.78. The Kier molecular flexibility index (Phi) is 5.21. The number of thiophene rings is 1. The van der Waals surface area contributed by atoms with E-state index in [-0.39, 0.29) is 13.1 Å². The van der Waals surface area contributed by atoms with Crippen LogP contribution in [0.4, 0.5) is 0 Å². The molecule has 26 heavy (non-hydrogen) atoms. The Morgan fingerprint density at radius 1 is 1.19 bits per heavy atom. The van der Waals surface area contributed by atoms with Gasteiger partial charge < -0.3 is 4.98 Å². The zero-order chi connectivity index (χ0) is 18.7. The summed E-state index contributed by atoms with van der Waals surface area (Å²) in [6, 6.07) is 9.07. The molecule has 7 nitrogen and oxygen atoms in total. The molecule has 3 aromatic rings. The fourth-order valence-electron chi connectivity index (χ4n) is 2.37. The number of hydrogen-bond acceptors (Lipinski definition) is 5. The second-order valence-electron chi connectivity index (χ2n) is 5.70. The lowest BCUT2D eigenvalue weighted by Gasteiger charge is -2.05. The van der Waals surface area contributed by atoms with Crippen molar-refractivity contribution < 1.29 is 8.42 Å². The molecule has 0 aliphatic heterocycles. The maximum Gasteiger partial charge on any atom is 0.328 e. The van der Waals surface area contributed by atoms with Crippen LogP contribution in [0.2, 0.25) is 0 Å². The van der Waals surface area contributed by atoms with E-state index in [9.17, 15) is 18.0 Å². The maximum atomic E-state index is 12.3. The van der Waals surface area contributed by atoms with Crippen LogP contribution in [0.3, 0.4) is 0 Å². The molecule has 0 amide bonds. The van der Waals surface area contributed by atoms with Crippen LogP contribution in [0.5, 0.6) is 0 Å². The molecule has 0 aliphatic carbocycles. The van der Waals surface area contributed by atoms with Crippen molar-refractivity contribution in [2.45, 2.75) is 13.5 Å². The fraction of sp³-hybridized carbons (Fsp3) is 0.176. The zero-order valence-electron chi connectivity index (χ0n) is 13.9. The van der Waals surface area contributed by atoms with E-state index in [2.05, 4.69) is 9.71 Å². The smallest absolute Gasteiger partial charge is 0.306 e. The quantitative estimate of drug-likeness (QED) is 0.667. The molecule has 2 aromatic heterocycles. The van der Waals surface area contributed by atoms with Gasteiger partial charge in [-0.1, -0.05) is 29.8 Å². The van der Waals surface area contributed by atoms with Gasteiger partial charge in [0.25, 0.3) is 5.56 Å². The number of sulfonamides is 1. The van der Waals surface area contributed by atoms with Crippen molar-refractivity contribution in [2.24, 2.45) is 0 Å². The molecule has 1 aromatic carbocycles. The van der Waals surface area contributed by atoms with Gasteiger partial charge in [0.1, 0.15) is 4.70 Å². The Balaban J connectivity index is 1.68. The Hall–Kier alpha value is -2.49. The highest BCUT2D eigenvalue weighted by molar-refractivity contribution is 7.92. The minimum Gasteiger partial charge on any atom is -0.306 e. The third kappa shape index (κ3) is 4.18. The van der Waals surface area contributed by atoms with Crippen LogP contribution < -0.4 is 16.0 Å². The van der Waals surface area contributed by atoms with Crippen molar-refractivity contribution in [1.82, 2.24) is 14.3 Å². The van der Waals surface area contributed by atoms with Crippen LogP contribution >= 0.6 is 11.3 Å². The third-order valence-electron chi connectivity index (χ3n) is 3.75.